The van der Waals surface area contributed by atoms with Gasteiger partial charge in [0.2, 0.25) is 11.8 Å². The van der Waals surface area contributed by atoms with Gasteiger partial charge in [-0.25, -0.2) is 4.98 Å². The Hall–Kier alpha value is -3.74. The highest BCUT2D eigenvalue weighted by molar-refractivity contribution is 6.31. The summed E-state index contributed by atoms with van der Waals surface area (Å²) < 4.78 is 1.26. The van der Waals surface area contributed by atoms with Gasteiger partial charge in [-0.1, -0.05) is 17.7 Å². The van der Waals surface area contributed by atoms with Crippen molar-refractivity contribution >= 4 is 41.1 Å². The lowest BCUT2D eigenvalue weighted by Crippen LogP contribution is -2.46. The van der Waals surface area contributed by atoms with Gasteiger partial charge in [0.05, 0.1) is 17.0 Å². The van der Waals surface area contributed by atoms with Crippen molar-refractivity contribution in [2.75, 3.05) is 0 Å². The highest BCUT2D eigenvalue weighted by Gasteiger charge is 2.32. The minimum atomic E-state index is -0.868. The number of halogens is 1. The summed E-state index contributed by atoms with van der Waals surface area (Å²) in [7, 11) is 0. The monoisotopic (exact) mass is 436 g/mol. The van der Waals surface area contributed by atoms with E-state index in [4.69, 9.17) is 11.6 Å². The predicted molar refractivity (Wildman–Crippen MR) is 114 cm³/mol. The highest BCUT2D eigenvalue weighted by atomic mass is 35.5. The minimum absolute atomic E-state index is 0.120. The smallest absolute Gasteiger partial charge is 0.264 e. The molecule has 3 amide bonds. The van der Waals surface area contributed by atoms with E-state index in [1.807, 2.05) is 0 Å². The number of hydrogen-bond donors (Lipinski definition) is 2. The van der Waals surface area contributed by atoms with E-state index in [1.54, 1.807) is 31.2 Å². The van der Waals surface area contributed by atoms with Gasteiger partial charge in [0.15, 0.2) is 0 Å². The third-order valence-electron chi connectivity index (χ3n) is 5.01. The van der Waals surface area contributed by atoms with Crippen LogP contribution in [0.15, 0.2) is 46.9 Å². The molecule has 1 aromatic heterocycles. The fourth-order valence-corrected chi connectivity index (χ4v) is 3.77. The lowest BCUT2D eigenvalue weighted by Gasteiger charge is -2.25. The van der Waals surface area contributed by atoms with Crippen LogP contribution in [0.2, 0.25) is 5.02 Å². The van der Waals surface area contributed by atoms with E-state index in [0.29, 0.717) is 22.1 Å². The summed E-state index contributed by atoms with van der Waals surface area (Å²) in [5, 5.41) is 5.39. The maximum atomic E-state index is 13.5. The van der Waals surface area contributed by atoms with E-state index in [2.05, 4.69) is 21.3 Å². The van der Waals surface area contributed by atoms with Crippen LogP contribution in [0.5, 0.6) is 0 Å². The average Bonchev–Trinajstić information content (AvgIpc) is 2.91. The third kappa shape index (κ3) is 3.99. The van der Waals surface area contributed by atoms with Gasteiger partial charge in [-0.3, -0.25) is 29.1 Å². The molecule has 0 saturated carbocycles. The third-order valence-corrected chi connectivity index (χ3v) is 5.25. The molecule has 1 aliphatic heterocycles. The van der Waals surface area contributed by atoms with E-state index in [1.165, 1.54) is 22.8 Å². The van der Waals surface area contributed by atoms with E-state index in [-0.39, 0.29) is 30.0 Å². The summed E-state index contributed by atoms with van der Waals surface area (Å²) >= 11 is 5.97. The van der Waals surface area contributed by atoms with Crippen molar-refractivity contribution in [1.82, 2.24) is 20.2 Å². The number of benzene rings is 1. The second kappa shape index (κ2) is 8.18. The molecule has 1 fully saturated rings. The number of aromatic nitrogens is 2. The summed E-state index contributed by atoms with van der Waals surface area (Å²) in [5.74, 6) is -1.07. The SMILES string of the molecule is Cc1nc2c(c(=O)n1C1CCC(=O)NC1=O)C(NC(=O)c1cccc(Cl)c1)=CC=C=C2. The summed E-state index contributed by atoms with van der Waals surface area (Å²) in [6, 6.07) is 5.54. The molecular formula is C22H17ClN4O4. The molecule has 4 rings (SSSR count). The van der Waals surface area contributed by atoms with Gasteiger partial charge in [0.1, 0.15) is 11.9 Å². The lowest BCUT2D eigenvalue weighted by atomic mass is 10.0. The number of carbonyl (C=O) groups excluding carboxylic acids is 3. The van der Waals surface area contributed by atoms with E-state index >= 15 is 0 Å². The Kier molecular flexibility index (Phi) is 5.42. The summed E-state index contributed by atoms with van der Waals surface area (Å²) in [6.07, 6.45) is 4.94. The van der Waals surface area contributed by atoms with Crippen molar-refractivity contribution in [1.29, 1.82) is 0 Å². The number of rotatable bonds is 3. The largest absolute Gasteiger partial charge is 0.321 e. The molecule has 0 bridgehead atoms. The minimum Gasteiger partial charge on any atom is -0.321 e. The molecule has 1 aliphatic carbocycles. The topological polar surface area (TPSA) is 110 Å². The first-order valence-electron chi connectivity index (χ1n) is 9.52. The number of allylic oxidation sites excluding steroid dienone is 2. The number of piperidine rings is 1. The van der Waals surface area contributed by atoms with Crippen molar-refractivity contribution in [2.24, 2.45) is 0 Å². The van der Waals surface area contributed by atoms with Crippen molar-refractivity contribution in [2.45, 2.75) is 25.8 Å². The molecule has 0 spiro atoms. The average molecular weight is 437 g/mol. The van der Waals surface area contributed by atoms with Crippen molar-refractivity contribution in [3.05, 3.63) is 80.2 Å². The molecule has 2 N–H and O–H groups in total. The molecule has 1 saturated heterocycles. The van der Waals surface area contributed by atoms with Crippen molar-refractivity contribution in [3.63, 3.8) is 0 Å². The second-order valence-corrected chi connectivity index (χ2v) is 7.52. The van der Waals surface area contributed by atoms with Crippen LogP contribution in [0.3, 0.4) is 0 Å². The number of fused-ring (bicyclic) bond motifs is 1. The fourth-order valence-electron chi connectivity index (χ4n) is 3.58. The van der Waals surface area contributed by atoms with Crippen LogP contribution >= 0.6 is 11.6 Å². The van der Waals surface area contributed by atoms with E-state index in [9.17, 15) is 19.2 Å². The molecule has 2 aliphatic rings. The number of imide groups is 1. The molecule has 9 heteroatoms. The molecule has 1 unspecified atom stereocenters. The zero-order valence-electron chi connectivity index (χ0n) is 16.4. The second-order valence-electron chi connectivity index (χ2n) is 7.08. The van der Waals surface area contributed by atoms with Crippen molar-refractivity contribution < 1.29 is 14.4 Å². The van der Waals surface area contributed by atoms with Gasteiger partial charge in [-0.05, 0) is 43.7 Å². The van der Waals surface area contributed by atoms with Gasteiger partial charge < -0.3 is 5.32 Å². The van der Waals surface area contributed by atoms with Gasteiger partial charge in [0.25, 0.3) is 11.5 Å². The molecule has 31 heavy (non-hydrogen) atoms. The highest BCUT2D eigenvalue weighted by Crippen LogP contribution is 2.22. The number of hydrogen-bond acceptors (Lipinski definition) is 5. The standard InChI is InChI=1S/C22H17ClN4O4/c1-12-24-15-7-2-3-8-16(25-20(29)13-5-4-6-14(23)11-13)19(15)22(31)27(12)17-9-10-18(28)26-21(17)30/h3-8,11,17H,9-10H2,1H3,(H,25,29)(H,26,28,30). The van der Waals surface area contributed by atoms with Crippen LogP contribution in [0.25, 0.3) is 11.8 Å². The zero-order valence-corrected chi connectivity index (χ0v) is 17.2. The first-order valence-corrected chi connectivity index (χ1v) is 9.90. The quantitative estimate of drug-likeness (QED) is 0.565. The van der Waals surface area contributed by atoms with E-state index < -0.39 is 23.4 Å². The molecule has 1 aromatic carbocycles. The Morgan fingerprint density at radius 1 is 1.32 bits per heavy atom. The van der Waals surface area contributed by atoms with Gasteiger partial charge in [0, 0.05) is 23.1 Å². The summed E-state index contributed by atoms with van der Waals surface area (Å²) in [6.45, 7) is 1.61. The zero-order chi connectivity index (χ0) is 22.1. The Balaban J connectivity index is 1.78. The molecule has 8 nitrogen and oxygen atoms in total. The summed E-state index contributed by atoms with van der Waals surface area (Å²) in [5.41, 5.74) is 3.38. The predicted octanol–water partition coefficient (Wildman–Crippen LogP) is 2.14. The molecular weight excluding hydrogens is 420 g/mol. The van der Waals surface area contributed by atoms with Crippen LogP contribution in [0.4, 0.5) is 0 Å². The number of nitrogens with one attached hydrogen (secondary N) is 2. The number of carbonyl (C=O) groups is 3. The van der Waals surface area contributed by atoms with Crippen molar-refractivity contribution in [3.8, 4) is 0 Å². The normalized spacial score (nSPS) is 17.5. The molecule has 2 aromatic rings. The maximum Gasteiger partial charge on any atom is 0.264 e. The summed E-state index contributed by atoms with van der Waals surface area (Å²) in [4.78, 5) is 54.6. The number of nitrogens with zero attached hydrogens (tertiary/aromatic N) is 2. The Morgan fingerprint density at radius 2 is 2.13 bits per heavy atom. The molecule has 2 heterocycles. The van der Waals surface area contributed by atoms with Crippen LogP contribution in [0.1, 0.15) is 46.3 Å². The first kappa shape index (κ1) is 20.5. The van der Waals surface area contributed by atoms with Crippen LogP contribution < -0.4 is 16.2 Å². The maximum absolute atomic E-state index is 13.5. The Labute approximate surface area is 181 Å². The van der Waals surface area contributed by atoms with Gasteiger partial charge in [-0.2, -0.15) is 0 Å². The first-order chi connectivity index (χ1) is 14.8. The fraction of sp³-hybridized carbons (Fsp3) is 0.182. The van der Waals surface area contributed by atoms with Gasteiger partial charge >= 0.3 is 0 Å². The number of aryl methyl sites for hydroxylation is 1. The Morgan fingerprint density at radius 3 is 2.87 bits per heavy atom. The Bertz CT molecular complexity index is 1280. The molecule has 156 valence electrons. The molecule has 1 atom stereocenters. The van der Waals surface area contributed by atoms with Crippen LogP contribution in [-0.2, 0) is 9.59 Å². The van der Waals surface area contributed by atoms with E-state index in [0.717, 1.165) is 0 Å². The van der Waals surface area contributed by atoms with Crippen LogP contribution in [0, 0.1) is 6.92 Å². The van der Waals surface area contributed by atoms with Gasteiger partial charge in [-0.15, -0.1) is 5.73 Å². The molecule has 0 radical (unpaired) electrons. The number of amides is 3. The van der Waals surface area contributed by atoms with Crippen LogP contribution in [-0.4, -0.2) is 27.3 Å². The lowest BCUT2D eigenvalue weighted by molar-refractivity contribution is -0.135.